The van der Waals surface area contributed by atoms with Crippen LogP contribution < -0.4 is 10.5 Å². The number of fused-ring (bicyclic) bond motifs is 6. The van der Waals surface area contributed by atoms with Gasteiger partial charge in [-0.25, -0.2) is 18.8 Å². The van der Waals surface area contributed by atoms with E-state index in [0.717, 1.165) is 17.5 Å². The summed E-state index contributed by atoms with van der Waals surface area (Å²) >= 11 is 4.61. The Morgan fingerprint density at radius 1 is 1.32 bits per heavy atom. The van der Waals surface area contributed by atoms with Crippen LogP contribution in [0.3, 0.4) is 0 Å². The van der Waals surface area contributed by atoms with Gasteiger partial charge in [0.25, 0.3) is 11.8 Å². The maximum absolute atomic E-state index is 14.4. The van der Waals surface area contributed by atoms with Crippen LogP contribution in [0.4, 0.5) is 14.5 Å². The Morgan fingerprint density at radius 2 is 2.15 bits per heavy atom. The normalized spacial score (nSPS) is 33.0. The minimum absolute atomic E-state index is 0.0137. The first-order valence-corrected chi connectivity index (χ1v) is 14.0. The molecule has 1 aromatic heterocycles. The SMILES string of the molecule is C[C@@H]1CO[C@@]2(CS)COc3cc([C@@H]4C[C@H]4C#N)ccc3[C@@H]2N1C(=O)c1cc2c(cn1)N=C(N)N1CC(F)(F)C[C@H]21. The number of benzene rings is 1. The highest BCUT2D eigenvalue weighted by molar-refractivity contribution is 7.80. The van der Waals surface area contributed by atoms with Gasteiger partial charge in [0.2, 0.25) is 0 Å². The Balaban J connectivity index is 1.27. The van der Waals surface area contributed by atoms with E-state index in [-0.39, 0.29) is 48.7 Å². The Bertz CT molecular complexity index is 1500. The number of guanidine groups is 1. The van der Waals surface area contributed by atoms with Crippen LogP contribution in [-0.2, 0) is 4.74 Å². The fraction of sp³-hybridized carbons (Fsp3) is 0.500. The highest BCUT2D eigenvalue weighted by Gasteiger charge is 2.55. The number of aliphatic imine (C=N–C) groups is 1. The molecule has 12 heteroatoms. The summed E-state index contributed by atoms with van der Waals surface area (Å²) in [6, 6.07) is 8.33. The van der Waals surface area contributed by atoms with Crippen LogP contribution in [0.15, 0.2) is 35.5 Å². The molecule has 4 aliphatic heterocycles. The molecule has 9 nitrogen and oxygen atoms in total. The number of rotatable bonds is 3. The average Bonchev–Trinajstić information content (AvgIpc) is 3.66. The Morgan fingerprint density at radius 3 is 2.90 bits per heavy atom. The highest BCUT2D eigenvalue weighted by atomic mass is 32.1. The number of hydrogen-bond donors (Lipinski definition) is 2. The molecular weight excluding hydrogens is 538 g/mol. The summed E-state index contributed by atoms with van der Waals surface area (Å²) in [7, 11) is 0. The number of nitrogens with two attached hydrogens (primary N) is 1. The molecule has 0 radical (unpaired) electrons. The second-order valence-electron chi connectivity index (χ2n) is 11.5. The van der Waals surface area contributed by atoms with Crippen LogP contribution in [0.25, 0.3) is 0 Å². The van der Waals surface area contributed by atoms with Gasteiger partial charge in [-0.1, -0.05) is 12.1 Å². The zero-order valence-electron chi connectivity index (χ0n) is 21.8. The molecule has 0 spiro atoms. The van der Waals surface area contributed by atoms with Gasteiger partial charge in [0.05, 0.1) is 55.1 Å². The molecule has 1 amide bonds. The summed E-state index contributed by atoms with van der Waals surface area (Å²) in [4.78, 5) is 26.1. The van der Waals surface area contributed by atoms with Gasteiger partial charge in [0, 0.05) is 29.2 Å². The standard InChI is InChI=1S/C28H28F2N6O3S/c1-14-10-39-27(13-40)12-38-23-5-15(18-4-16(18)8-31)2-3-17(23)24(27)36(14)25(37)20-6-19-21(9-33-20)34-26(32)35-11-28(29,30)7-22(19)35/h2-3,5-6,9,14,16,18,22,24,40H,4,7,10-13H2,1H3,(H2,32,34)/t14-,16+,18+,22-,24+,27-/m1/s1. The Labute approximate surface area is 235 Å². The number of amides is 1. The first kappa shape index (κ1) is 25.5. The van der Waals surface area contributed by atoms with Gasteiger partial charge >= 0.3 is 0 Å². The number of carbonyl (C=O) groups is 1. The molecule has 7 rings (SSSR count). The van der Waals surface area contributed by atoms with Crippen molar-refractivity contribution >= 4 is 30.2 Å². The Kier molecular flexibility index (Phi) is 5.61. The van der Waals surface area contributed by atoms with Crippen LogP contribution >= 0.6 is 12.6 Å². The average molecular weight is 567 g/mol. The van der Waals surface area contributed by atoms with E-state index >= 15 is 0 Å². The summed E-state index contributed by atoms with van der Waals surface area (Å²) < 4.78 is 41.2. The third kappa shape index (κ3) is 3.78. The van der Waals surface area contributed by atoms with Crippen molar-refractivity contribution in [1.82, 2.24) is 14.8 Å². The smallest absolute Gasteiger partial charge is 0.273 e. The largest absolute Gasteiger partial charge is 0.490 e. The maximum Gasteiger partial charge on any atom is 0.273 e. The van der Waals surface area contributed by atoms with E-state index in [9.17, 15) is 18.8 Å². The lowest BCUT2D eigenvalue weighted by atomic mass is 9.83. The summed E-state index contributed by atoms with van der Waals surface area (Å²) in [5, 5.41) is 9.28. The number of hydrogen-bond acceptors (Lipinski definition) is 9. The zero-order chi connectivity index (χ0) is 28.0. The van der Waals surface area contributed by atoms with E-state index < -0.39 is 36.6 Å². The summed E-state index contributed by atoms with van der Waals surface area (Å²) in [6.07, 6.45) is 1.85. The number of carbonyl (C=O) groups excluding carboxylic acids is 1. The number of thiol groups is 1. The van der Waals surface area contributed by atoms with Gasteiger partial charge in [0.15, 0.2) is 5.96 Å². The van der Waals surface area contributed by atoms with Gasteiger partial charge < -0.3 is 25.0 Å². The monoisotopic (exact) mass is 566 g/mol. The van der Waals surface area contributed by atoms with E-state index in [1.54, 1.807) is 11.0 Å². The first-order valence-electron chi connectivity index (χ1n) is 13.4. The number of pyridine rings is 1. The number of aromatic nitrogens is 1. The zero-order valence-corrected chi connectivity index (χ0v) is 22.7. The van der Waals surface area contributed by atoms with Crippen LogP contribution in [0.1, 0.15) is 64.9 Å². The van der Waals surface area contributed by atoms with Crippen molar-refractivity contribution in [2.24, 2.45) is 16.6 Å². The minimum Gasteiger partial charge on any atom is -0.490 e. The second kappa shape index (κ2) is 8.78. The molecular formula is C28H28F2N6O3S. The van der Waals surface area contributed by atoms with Crippen molar-refractivity contribution in [3.8, 4) is 11.8 Å². The molecule has 40 heavy (non-hydrogen) atoms. The molecule has 0 unspecified atom stereocenters. The van der Waals surface area contributed by atoms with Crippen molar-refractivity contribution in [2.75, 3.05) is 25.5 Å². The van der Waals surface area contributed by atoms with Crippen molar-refractivity contribution in [2.45, 2.75) is 55.3 Å². The van der Waals surface area contributed by atoms with Crippen LogP contribution in [0.5, 0.6) is 5.75 Å². The van der Waals surface area contributed by atoms with E-state index in [1.807, 2.05) is 25.1 Å². The molecule has 2 saturated heterocycles. The number of morpholine rings is 1. The lowest BCUT2D eigenvalue weighted by Crippen LogP contribution is -2.64. The molecule has 6 atom stereocenters. The van der Waals surface area contributed by atoms with Gasteiger partial charge in [0.1, 0.15) is 23.7 Å². The predicted octanol–water partition coefficient (Wildman–Crippen LogP) is 3.71. The predicted molar refractivity (Wildman–Crippen MR) is 144 cm³/mol. The highest BCUT2D eigenvalue weighted by Crippen LogP contribution is 2.52. The number of nitrogens with zero attached hydrogens (tertiary/aromatic N) is 5. The van der Waals surface area contributed by atoms with Gasteiger partial charge in [-0.15, -0.1) is 0 Å². The van der Waals surface area contributed by atoms with Crippen molar-refractivity contribution in [1.29, 1.82) is 5.26 Å². The molecule has 0 bridgehead atoms. The summed E-state index contributed by atoms with van der Waals surface area (Å²) in [5.41, 5.74) is 7.99. The van der Waals surface area contributed by atoms with Gasteiger partial charge in [-0.3, -0.25) is 4.79 Å². The molecule has 1 aromatic carbocycles. The van der Waals surface area contributed by atoms with Crippen LogP contribution in [-0.4, -0.2) is 69.7 Å². The van der Waals surface area contributed by atoms with E-state index in [0.29, 0.717) is 22.8 Å². The van der Waals surface area contributed by atoms with E-state index in [1.165, 1.54) is 11.1 Å². The number of halogens is 2. The van der Waals surface area contributed by atoms with Gasteiger partial charge in [-0.2, -0.15) is 17.9 Å². The molecule has 2 aromatic rings. The topological polar surface area (TPSA) is 117 Å². The van der Waals surface area contributed by atoms with Crippen LogP contribution in [0, 0.1) is 17.2 Å². The Hall–Kier alpha value is -3.43. The van der Waals surface area contributed by atoms with Crippen molar-refractivity contribution in [3.05, 3.63) is 52.8 Å². The number of ether oxygens (including phenoxy) is 2. The molecule has 208 valence electrons. The molecule has 1 saturated carbocycles. The summed E-state index contributed by atoms with van der Waals surface area (Å²) in [6.45, 7) is 1.88. The third-order valence-corrected chi connectivity index (χ3v) is 9.38. The molecule has 2 N–H and O–H groups in total. The molecule has 1 aliphatic carbocycles. The number of alkyl halides is 2. The molecule has 3 fully saturated rings. The molecule has 5 aliphatic rings. The van der Waals surface area contributed by atoms with E-state index in [2.05, 4.69) is 28.7 Å². The molecule has 5 heterocycles. The first-order chi connectivity index (χ1) is 19.1. The number of nitriles is 1. The van der Waals surface area contributed by atoms with Crippen molar-refractivity contribution < 1.29 is 23.0 Å². The maximum atomic E-state index is 14.4. The second-order valence-corrected chi connectivity index (χ2v) is 11.8. The minimum atomic E-state index is -2.91. The lowest BCUT2D eigenvalue weighted by Gasteiger charge is -2.54. The summed E-state index contributed by atoms with van der Waals surface area (Å²) in [5.74, 6) is -2.05. The lowest BCUT2D eigenvalue weighted by molar-refractivity contribution is -0.168. The van der Waals surface area contributed by atoms with Gasteiger partial charge in [-0.05, 0) is 31.0 Å². The quantitative estimate of drug-likeness (QED) is 0.544. The van der Waals surface area contributed by atoms with Crippen molar-refractivity contribution in [3.63, 3.8) is 0 Å². The van der Waals surface area contributed by atoms with E-state index in [4.69, 9.17) is 15.2 Å². The fourth-order valence-electron chi connectivity index (χ4n) is 6.64. The van der Waals surface area contributed by atoms with Crippen LogP contribution in [0.2, 0.25) is 0 Å². The third-order valence-electron chi connectivity index (χ3n) is 8.85. The fourth-order valence-corrected chi connectivity index (χ4v) is 6.99.